The number of hydrogen-bond donors (Lipinski definition) is 1. The molecule has 1 unspecified atom stereocenters. The van der Waals surface area contributed by atoms with Gasteiger partial charge in [-0.05, 0) is 31.5 Å². The fourth-order valence-corrected chi connectivity index (χ4v) is 1.74. The van der Waals surface area contributed by atoms with E-state index in [0.717, 1.165) is 12.8 Å². The first-order valence-corrected chi connectivity index (χ1v) is 6.13. The van der Waals surface area contributed by atoms with Gasteiger partial charge in [-0.2, -0.15) is 5.26 Å². The number of hydrogen-bond acceptors (Lipinski definition) is 2. The summed E-state index contributed by atoms with van der Waals surface area (Å²) in [6.45, 7) is 4.21. The lowest BCUT2D eigenvalue weighted by molar-refractivity contribution is 0.599. The lowest BCUT2D eigenvalue weighted by Crippen LogP contribution is -2.15. The Balaban J connectivity index is 2.54. The van der Waals surface area contributed by atoms with Crippen molar-refractivity contribution in [3.8, 4) is 6.07 Å². The van der Waals surface area contributed by atoms with E-state index in [1.54, 1.807) is 12.1 Å². The molecule has 3 heteroatoms. The van der Waals surface area contributed by atoms with Crippen molar-refractivity contribution in [2.75, 3.05) is 5.32 Å². The van der Waals surface area contributed by atoms with Crippen LogP contribution in [0, 0.1) is 17.1 Å². The van der Waals surface area contributed by atoms with Gasteiger partial charge in [-0.1, -0.05) is 26.2 Å². The van der Waals surface area contributed by atoms with Crippen LogP contribution in [0.2, 0.25) is 0 Å². The van der Waals surface area contributed by atoms with Gasteiger partial charge in [0, 0.05) is 6.04 Å². The van der Waals surface area contributed by atoms with Crippen molar-refractivity contribution in [1.82, 2.24) is 0 Å². The SMILES string of the molecule is CCCCCC(C)Nc1ccc(C#N)cc1F. The van der Waals surface area contributed by atoms with Crippen LogP contribution in [-0.4, -0.2) is 6.04 Å². The van der Waals surface area contributed by atoms with Gasteiger partial charge in [0.2, 0.25) is 0 Å². The van der Waals surface area contributed by atoms with Crippen LogP contribution in [0.1, 0.15) is 45.1 Å². The first kappa shape index (κ1) is 13.5. The summed E-state index contributed by atoms with van der Waals surface area (Å²) in [6.07, 6.45) is 4.59. The molecule has 1 aromatic rings. The third-order valence-corrected chi connectivity index (χ3v) is 2.74. The van der Waals surface area contributed by atoms with Crippen molar-refractivity contribution < 1.29 is 4.39 Å². The molecule has 1 rings (SSSR count). The Hall–Kier alpha value is -1.56. The minimum atomic E-state index is -0.355. The van der Waals surface area contributed by atoms with Gasteiger partial charge in [-0.3, -0.25) is 0 Å². The van der Waals surface area contributed by atoms with E-state index in [1.807, 2.05) is 13.0 Å². The molecule has 0 spiro atoms. The van der Waals surface area contributed by atoms with E-state index in [4.69, 9.17) is 5.26 Å². The van der Waals surface area contributed by atoms with Crippen molar-refractivity contribution >= 4 is 5.69 Å². The monoisotopic (exact) mass is 234 g/mol. The molecule has 17 heavy (non-hydrogen) atoms. The molecule has 0 saturated heterocycles. The van der Waals surface area contributed by atoms with Crippen LogP contribution in [0.5, 0.6) is 0 Å². The summed E-state index contributed by atoms with van der Waals surface area (Å²) in [5.74, 6) is -0.355. The number of halogens is 1. The maximum absolute atomic E-state index is 13.6. The Kier molecular flexibility index (Phi) is 5.48. The highest BCUT2D eigenvalue weighted by Crippen LogP contribution is 2.17. The summed E-state index contributed by atoms with van der Waals surface area (Å²) in [6, 6.07) is 6.70. The number of anilines is 1. The van der Waals surface area contributed by atoms with Crippen LogP contribution < -0.4 is 5.32 Å². The lowest BCUT2D eigenvalue weighted by atomic mass is 10.1. The van der Waals surface area contributed by atoms with E-state index in [0.29, 0.717) is 11.3 Å². The topological polar surface area (TPSA) is 35.8 Å². The molecule has 0 aliphatic carbocycles. The van der Waals surface area contributed by atoms with Gasteiger partial charge in [0.1, 0.15) is 5.82 Å². The highest BCUT2D eigenvalue weighted by molar-refractivity contribution is 5.49. The van der Waals surface area contributed by atoms with Gasteiger partial charge in [-0.25, -0.2) is 4.39 Å². The van der Waals surface area contributed by atoms with E-state index in [9.17, 15) is 4.39 Å². The molecule has 0 saturated carbocycles. The molecule has 1 aromatic carbocycles. The summed E-state index contributed by atoms with van der Waals surface area (Å²) < 4.78 is 13.6. The maximum atomic E-state index is 13.6. The smallest absolute Gasteiger partial charge is 0.147 e. The molecule has 0 aromatic heterocycles. The van der Waals surface area contributed by atoms with Crippen LogP contribution in [0.25, 0.3) is 0 Å². The highest BCUT2D eigenvalue weighted by Gasteiger charge is 2.06. The van der Waals surface area contributed by atoms with E-state index >= 15 is 0 Å². The fourth-order valence-electron chi connectivity index (χ4n) is 1.74. The minimum Gasteiger partial charge on any atom is -0.380 e. The molecule has 0 bridgehead atoms. The van der Waals surface area contributed by atoms with E-state index in [1.165, 1.54) is 18.9 Å². The predicted octanol–water partition coefficient (Wildman–Crippen LogP) is 4.08. The number of unbranched alkanes of at least 4 members (excludes halogenated alkanes) is 2. The van der Waals surface area contributed by atoms with Crippen LogP contribution in [-0.2, 0) is 0 Å². The van der Waals surface area contributed by atoms with Gasteiger partial charge >= 0.3 is 0 Å². The quantitative estimate of drug-likeness (QED) is 0.753. The Morgan fingerprint density at radius 3 is 2.76 bits per heavy atom. The van der Waals surface area contributed by atoms with Crippen LogP contribution in [0.15, 0.2) is 18.2 Å². The summed E-state index contributed by atoms with van der Waals surface area (Å²) >= 11 is 0. The second-order valence-corrected chi connectivity index (χ2v) is 4.35. The Morgan fingerprint density at radius 2 is 2.18 bits per heavy atom. The molecule has 1 N–H and O–H groups in total. The number of rotatable bonds is 6. The van der Waals surface area contributed by atoms with Crippen molar-refractivity contribution in [2.45, 2.75) is 45.6 Å². The lowest BCUT2D eigenvalue weighted by Gasteiger charge is -2.15. The molecule has 2 nitrogen and oxygen atoms in total. The summed E-state index contributed by atoms with van der Waals surface area (Å²) in [7, 11) is 0. The zero-order valence-corrected chi connectivity index (χ0v) is 10.5. The van der Waals surface area contributed by atoms with E-state index in [-0.39, 0.29) is 11.9 Å². The number of nitriles is 1. The molecule has 0 heterocycles. The average Bonchev–Trinajstić information content (AvgIpc) is 2.32. The molecular weight excluding hydrogens is 215 g/mol. The zero-order chi connectivity index (χ0) is 12.7. The first-order valence-electron chi connectivity index (χ1n) is 6.13. The average molecular weight is 234 g/mol. The maximum Gasteiger partial charge on any atom is 0.147 e. The fraction of sp³-hybridized carbons (Fsp3) is 0.500. The van der Waals surface area contributed by atoms with Crippen molar-refractivity contribution in [1.29, 1.82) is 5.26 Å². The highest BCUT2D eigenvalue weighted by atomic mass is 19.1. The first-order chi connectivity index (χ1) is 8.17. The third kappa shape index (κ3) is 4.44. The van der Waals surface area contributed by atoms with Gasteiger partial charge in [-0.15, -0.1) is 0 Å². The number of nitrogens with one attached hydrogen (secondary N) is 1. The summed E-state index contributed by atoms with van der Waals surface area (Å²) in [4.78, 5) is 0. The van der Waals surface area contributed by atoms with Gasteiger partial charge in [0.05, 0.1) is 17.3 Å². The van der Waals surface area contributed by atoms with Crippen LogP contribution in [0.3, 0.4) is 0 Å². The Bertz CT molecular complexity index is 396. The molecule has 0 amide bonds. The zero-order valence-electron chi connectivity index (χ0n) is 10.5. The van der Waals surface area contributed by atoms with Crippen LogP contribution in [0.4, 0.5) is 10.1 Å². The molecule has 1 atom stereocenters. The van der Waals surface area contributed by atoms with E-state index in [2.05, 4.69) is 12.2 Å². The molecule has 0 aliphatic heterocycles. The third-order valence-electron chi connectivity index (χ3n) is 2.74. The molecule has 0 radical (unpaired) electrons. The second kappa shape index (κ2) is 6.90. The van der Waals surface area contributed by atoms with Crippen molar-refractivity contribution in [3.05, 3.63) is 29.6 Å². The molecular formula is C14H19FN2. The van der Waals surface area contributed by atoms with Crippen molar-refractivity contribution in [2.24, 2.45) is 0 Å². The van der Waals surface area contributed by atoms with Gasteiger partial charge in [0.25, 0.3) is 0 Å². The molecule has 92 valence electrons. The normalized spacial score (nSPS) is 11.9. The van der Waals surface area contributed by atoms with Gasteiger partial charge in [0.15, 0.2) is 0 Å². The predicted molar refractivity (Wildman–Crippen MR) is 68.3 cm³/mol. The van der Waals surface area contributed by atoms with Crippen LogP contribution >= 0.6 is 0 Å². The standard InChI is InChI=1S/C14H19FN2/c1-3-4-5-6-11(2)17-14-8-7-12(10-16)9-13(14)15/h7-9,11,17H,3-6H2,1-2H3. The Morgan fingerprint density at radius 1 is 1.41 bits per heavy atom. The number of nitrogens with zero attached hydrogens (tertiary/aromatic N) is 1. The minimum absolute atomic E-state index is 0.254. The second-order valence-electron chi connectivity index (χ2n) is 4.35. The summed E-state index contributed by atoms with van der Waals surface area (Å²) in [5.41, 5.74) is 0.833. The number of benzene rings is 1. The molecule has 0 aliphatic rings. The Labute approximate surface area is 102 Å². The van der Waals surface area contributed by atoms with E-state index < -0.39 is 0 Å². The van der Waals surface area contributed by atoms with Crippen molar-refractivity contribution in [3.63, 3.8) is 0 Å². The largest absolute Gasteiger partial charge is 0.380 e. The van der Waals surface area contributed by atoms with Gasteiger partial charge < -0.3 is 5.32 Å². The molecule has 0 fully saturated rings. The summed E-state index contributed by atoms with van der Waals surface area (Å²) in [5, 5.41) is 11.8.